The van der Waals surface area contributed by atoms with E-state index in [4.69, 9.17) is 9.84 Å². The number of aliphatic carboxylic acids is 1. The molecular weight excluding hydrogens is 318 g/mol. The molecule has 1 rings (SSSR count). The van der Waals surface area contributed by atoms with E-state index in [9.17, 15) is 19.2 Å². The van der Waals surface area contributed by atoms with Crippen LogP contribution in [0.3, 0.4) is 0 Å². The van der Waals surface area contributed by atoms with Gasteiger partial charge in [0.15, 0.2) is 0 Å². The Balaban J connectivity index is 2.55. The molecule has 0 aromatic heterocycles. The van der Waals surface area contributed by atoms with Crippen molar-refractivity contribution in [2.45, 2.75) is 58.2 Å². The summed E-state index contributed by atoms with van der Waals surface area (Å²) >= 11 is 0. The van der Waals surface area contributed by atoms with Crippen molar-refractivity contribution in [1.82, 2.24) is 15.5 Å². The van der Waals surface area contributed by atoms with Gasteiger partial charge in [-0.15, -0.1) is 0 Å². The van der Waals surface area contributed by atoms with E-state index in [1.54, 1.807) is 20.8 Å². The first-order valence-corrected chi connectivity index (χ1v) is 7.81. The van der Waals surface area contributed by atoms with E-state index < -0.39 is 41.6 Å². The SMILES string of the molecule is CC(NC(=O)C1CCCN1C(=O)CNC(=O)OC(C)(C)C)C(=O)O. The number of ether oxygens (including phenoxy) is 1. The predicted octanol–water partition coefficient (Wildman–Crippen LogP) is 0.0914. The Morgan fingerprint density at radius 1 is 1.29 bits per heavy atom. The number of carboxylic acid groups (broad SMARTS) is 1. The molecule has 0 aromatic carbocycles. The summed E-state index contributed by atoms with van der Waals surface area (Å²) in [6, 6.07) is -1.75. The highest BCUT2D eigenvalue weighted by molar-refractivity contribution is 5.91. The number of rotatable bonds is 5. The van der Waals surface area contributed by atoms with E-state index in [0.29, 0.717) is 19.4 Å². The highest BCUT2D eigenvalue weighted by Crippen LogP contribution is 2.17. The van der Waals surface area contributed by atoms with Crippen molar-refractivity contribution in [2.24, 2.45) is 0 Å². The lowest BCUT2D eigenvalue weighted by Crippen LogP contribution is -2.51. The molecule has 9 nitrogen and oxygen atoms in total. The van der Waals surface area contributed by atoms with Gasteiger partial charge >= 0.3 is 12.1 Å². The van der Waals surface area contributed by atoms with E-state index >= 15 is 0 Å². The molecule has 9 heteroatoms. The van der Waals surface area contributed by atoms with Crippen LogP contribution in [0.2, 0.25) is 0 Å². The molecular formula is C15H25N3O6. The average Bonchev–Trinajstić information content (AvgIpc) is 2.92. The van der Waals surface area contributed by atoms with E-state index in [1.165, 1.54) is 11.8 Å². The molecule has 0 bridgehead atoms. The van der Waals surface area contributed by atoms with Gasteiger partial charge in [0.25, 0.3) is 0 Å². The van der Waals surface area contributed by atoms with Gasteiger partial charge in [-0.25, -0.2) is 4.79 Å². The number of carboxylic acids is 1. The molecule has 1 aliphatic heterocycles. The number of hydrogen-bond donors (Lipinski definition) is 3. The number of alkyl carbamates (subject to hydrolysis) is 1. The number of amides is 3. The fourth-order valence-corrected chi connectivity index (χ4v) is 2.27. The number of carbonyl (C=O) groups excluding carboxylic acids is 3. The highest BCUT2D eigenvalue weighted by Gasteiger charge is 2.35. The fourth-order valence-electron chi connectivity index (χ4n) is 2.27. The Morgan fingerprint density at radius 3 is 2.46 bits per heavy atom. The third-order valence-corrected chi connectivity index (χ3v) is 3.39. The Hall–Kier alpha value is -2.32. The summed E-state index contributed by atoms with van der Waals surface area (Å²) in [7, 11) is 0. The molecule has 0 spiro atoms. The second kappa shape index (κ2) is 7.98. The second-order valence-electron chi connectivity index (χ2n) is 6.67. The predicted molar refractivity (Wildman–Crippen MR) is 84.2 cm³/mol. The van der Waals surface area contributed by atoms with Crippen molar-refractivity contribution < 1.29 is 29.0 Å². The Bertz CT molecular complexity index is 514. The van der Waals surface area contributed by atoms with Crippen LogP contribution in [0, 0.1) is 0 Å². The highest BCUT2D eigenvalue weighted by atomic mass is 16.6. The minimum atomic E-state index is -1.15. The molecule has 0 aromatic rings. The van der Waals surface area contributed by atoms with Gasteiger partial charge in [0.05, 0.1) is 0 Å². The average molecular weight is 343 g/mol. The van der Waals surface area contributed by atoms with Gasteiger partial charge < -0.3 is 25.4 Å². The first kappa shape index (κ1) is 19.7. The maximum Gasteiger partial charge on any atom is 0.408 e. The maximum absolute atomic E-state index is 12.2. The van der Waals surface area contributed by atoms with Crippen molar-refractivity contribution in [2.75, 3.05) is 13.1 Å². The maximum atomic E-state index is 12.2. The van der Waals surface area contributed by atoms with Crippen LogP contribution in [0.25, 0.3) is 0 Å². The summed E-state index contributed by atoms with van der Waals surface area (Å²) in [6.45, 7) is 6.57. The van der Waals surface area contributed by atoms with Crippen molar-refractivity contribution in [3.05, 3.63) is 0 Å². The van der Waals surface area contributed by atoms with Gasteiger partial charge in [-0.2, -0.15) is 0 Å². The molecule has 1 aliphatic rings. The van der Waals surface area contributed by atoms with Crippen LogP contribution < -0.4 is 10.6 Å². The van der Waals surface area contributed by atoms with Crippen molar-refractivity contribution >= 4 is 23.9 Å². The van der Waals surface area contributed by atoms with Crippen LogP contribution >= 0.6 is 0 Å². The molecule has 3 N–H and O–H groups in total. The summed E-state index contributed by atoms with van der Waals surface area (Å²) in [5.74, 6) is -2.07. The van der Waals surface area contributed by atoms with E-state index in [2.05, 4.69) is 10.6 Å². The summed E-state index contributed by atoms with van der Waals surface area (Å²) in [4.78, 5) is 48.0. The van der Waals surface area contributed by atoms with Crippen molar-refractivity contribution in [3.63, 3.8) is 0 Å². The second-order valence-corrected chi connectivity index (χ2v) is 6.67. The molecule has 3 amide bonds. The van der Waals surface area contributed by atoms with Crippen LogP contribution in [0.5, 0.6) is 0 Å². The normalized spacial score (nSPS) is 18.7. The lowest BCUT2D eigenvalue weighted by Gasteiger charge is -2.25. The quantitative estimate of drug-likeness (QED) is 0.650. The third kappa shape index (κ3) is 6.05. The molecule has 24 heavy (non-hydrogen) atoms. The van der Waals surface area contributed by atoms with Gasteiger partial charge in [-0.1, -0.05) is 0 Å². The zero-order chi connectivity index (χ0) is 18.5. The molecule has 0 aliphatic carbocycles. The molecule has 2 unspecified atom stereocenters. The fraction of sp³-hybridized carbons (Fsp3) is 0.733. The summed E-state index contributed by atoms with van der Waals surface area (Å²) in [5, 5.41) is 13.5. The summed E-state index contributed by atoms with van der Waals surface area (Å²) in [5.41, 5.74) is -0.670. The van der Waals surface area contributed by atoms with Crippen molar-refractivity contribution in [3.8, 4) is 0 Å². The monoisotopic (exact) mass is 343 g/mol. The van der Waals surface area contributed by atoms with Gasteiger partial charge in [-0.05, 0) is 40.5 Å². The molecule has 0 radical (unpaired) electrons. The van der Waals surface area contributed by atoms with Crippen LogP contribution in [0.1, 0.15) is 40.5 Å². The van der Waals surface area contributed by atoms with Crippen LogP contribution in [0.4, 0.5) is 4.79 Å². The molecule has 1 fully saturated rings. The lowest BCUT2D eigenvalue weighted by atomic mass is 10.2. The Morgan fingerprint density at radius 2 is 1.92 bits per heavy atom. The van der Waals surface area contributed by atoms with Gasteiger partial charge in [-0.3, -0.25) is 14.4 Å². The van der Waals surface area contributed by atoms with E-state index in [-0.39, 0.29) is 6.54 Å². The van der Waals surface area contributed by atoms with Crippen molar-refractivity contribution in [1.29, 1.82) is 0 Å². The smallest absolute Gasteiger partial charge is 0.408 e. The summed E-state index contributed by atoms with van der Waals surface area (Å²) < 4.78 is 5.04. The molecule has 0 saturated carbocycles. The topological polar surface area (TPSA) is 125 Å². The molecule has 1 heterocycles. The number of nitrogens with zero attached hydrogens (tertiary/aromatic N) is 1. The summed E-state index contributed by atoms with van der Waals surface area (Å²) in [6.07, 6.45) is 0.379. The van der Waals surface area contributed by atoms with Gasteiger partial charge in [0.2, 0.25) is 11.8 Å². The number of likely N-dealkylation sites (tertiary alicyclic amines) is 1. The van der Waals surface area contributed by atoms with Gasteiger partial charge in [0, 0.05) is 6.54 Å². The zero-order valence-electron chi connectivity index (χ0n) is 14.4. The van der Waals surface area contributed by atoms with Crippen LogP contribution in [0.15, 0.2) is 0 Å². The lowest BCUT2D eigenvalue weighted by molar-refractivity contribution is -0.143. The number of nitrogens with one attached hydrogen (secondary N) is 2. The van der Waals surface area contributed by atoms with E-state index in [1.807, 2.05) is 0 Å². The minimum Gasteiger partial charge on any atom is -0.480 e. The molecule has 136 valence electrons. The van der Waals surface area contributed by atoms with Crippen LogP contribution in [-0.2, 0) is 19.1 Å². The Labute approximate surface area is 140 Å². The molecule has 2 atom stereocenters. The van der Waals surface area contributed by atoms with E-state index in [0.717, 1.165) is 0 Å². The van der Waals surface area contributed by atoms with Crippen LogP contribution in [-0.4, -0.2) is 64.7 Å². The Kier molecular flexibility index (Phi) is 6.56. The zero-order valence-corrected chi connectivity index (χ0v) is 14.4. The largest absolute Gasteiger partial charge is 0.480 e. The number of carbonyl (C=O) groups is 4. The van der Waals surface area contributed by atoms with Gasteiger partial charge in [0.1, 0.15) is 24.2 Å². The standard InChI is InChI=1S/C15H25N3O6/c1-9(13(21)22)17-12(20)10-6-5-7-18(10)11(19)8-16-14(23)24-15(2,3)4/h9-10H,5-8H2,1-4H3,(H,16,23)(H,17,20)(H,21,22). The first-order chi connectivity index (χ1) is 11.0. The minimum absolute atomic E-state index is 0.285. The third-order valence-electron chi connectivity index (χ3n) is 3.39. The number of hydrogen-bond acceptors (Lipinski definition) is 5. The first-order valence-electron chi connectivity index (χ1n) is 7.81. The molecule has 1 saturated heterocycles.